The second-order valence-electron chi connectivity index (χ2n) is 5.32. The molecule has 0 atom stereocenters. The molecule has 0 spiro atoms. The van der Waals surface area contributed by atoms with Crippen LogP contribution < -0.4 is 5.43 Å². The van der Waals surface area contributed by atoms with E-state index >= 15 is 0 Å². The minimum Gasteiger partial charge on any atom is -0.507 e. The van der Waals surface area contributed by atoms with Crippen LogP contribution >= 0.6 is 15.9 Å². The summed E-state index contributed by atoms with van der Waals surface area (Å²) in [5.41, 5.74) is 2.12. The van der Waals surface area contributed by atoms with Crippen molar-refractivity contribution in [3.8, 4) is 5.75 Å². The van der Waals surface area contributed by atoms with E-state index in [9.17, 15) is 20.0 Å². The van der Waals surface area contributed by atoms with Crippen LogP contribution in [0.4, 0.5) is 5.69 Å². The zero-order valence-electron chi connectivity index (χ0n) is 13.6. The number of nitro benzene ring substituents is 1. The van der Waals surface area contributed by atoms with Gasteiger partial charge in [-0.05, 0) is 34.1 Å². The number of hydrogen-bond acceptors (Lipinski definition) is 7. The third kappa shape index (κ3) is 4.58. The lowest BCUT2D eigenvalue weighted by Crippen LogP contribution is -2.16. The van der Waals surface area contributed by atoms with Crippen molar-refractivity contribution < 1.29 is 19.2 Å². The van der Waals surface area contributed by atoms with Gasteiger partial charge in [0.25, 0.3) is 5.69 Å². The van der Waals surface area contributed by atoms with Crippen LogP contribution in [-0.2, 0) is 6.54 Å². The number of halogens is 1. The number of benzene rings is 1. The lowest BCUT2D eigenvalue weighted by molar-refractivity contribution is -0.384. The molecule has 0 bridgehead atoms. The molecular weight excluding hydrogens is 422 g/mol. The van der Waals surface area contributed by atoms with Gasteiger partial charge in [-0.15, -0.1) is 0 Å². The summed E-state index contributed by atoms with van der Waals surface area (Å²) >= 11 is 3.29. The minimum atomic E-state index is -0.607. The van der Waals surface area contributed by atoms with Crippen LogP contribution in [0.25, 0.3) is 0 Å². The van der Waals surface area contributed by atoms with Gasteiger partial charge in [-0.25, -0.2) is 5.43 Å². The van der Waals surface area contributed by atoms with Gasteiger partial charge in [-0.1, -0.05) is 0 Å². The average Bonchev–Trinajstić information content (AvgIpc) is 3.25. The van der Waals surface area contributed by atoms with Gasteiger partial charge in [0.1, 0.15) is 11.5 Å². The molecule has 3 rings (SSSR count). The Morgan fingerprint density at radius 1 is 1.44 bits per heavy atom. The largest absolute Gasteiger partial charge is 0.507 e. The summed E-state index contributed by atoms with van der Waals surface area (Å²) in [6.45, 7) is 0.351. The maximum Gasteiger partial charge on any atom is 0.307 e. The number of hydrogen-bond donors (Lipinski definition) is 2. The summed E-state index contributed by atoms with van der Waals surface area (Å²) in [5.74, 6) is -0.249. The zero-order valence-corrected chi connectivity index (χ0v) is 15.2. The van der Waals surface area contributed by atoms with E-state index in [1.807, 2.05) is 0 Å². The van der Waals surface area contributed by atoms with Gasteiger partial charge in [0.15, 0.2) is 5.76 Å². The fraction of sp³-hybridized carbons (Fsp3) is 0.0625. The number of rotatable bonds is 6. The predicted molar refractivity (Wildman–Crippen MR) is 97.6 cm³/mol. The van der Waals surface area contributed by atoms with Crippen molar-refractivity contribution in [3.63, 3.8) is 0 Å². The fourth-order valence-electron chi connectivity index (χ4n) is 2.14. The van der Waals surface area contributed by atoms with Crippen molar-refractivity contribution in [2.24, 2.45) is 5.10 Å². The molecule has 27 heavy (non-hydrogen) atoms. The van der Waals surface area contributed by atoms with Gasteiger partial charge in [0.05, 0.1) is 28.4 Å². The molecule has 11 heteroatoms. The quantitative estimate of drug-likeness (QED) is 0.348. The summed E-state index contributed by atoms with van der Waals surface area (Å²) in [7, 11) is 0. The first-order valence-electron chi connectivity index (χ1n) is 7.50. The number of aromatic hydroxyl groups is 1. The molecule has 0 radical (unpaired) electrons. The topological polar surface area (TPSA) is 136 Å². The van der Waals surface area contributed by atoms with Crippen LogP contribution in [0, 0.1) is 10.1 Å². The van der Waals surface area contributed by atoms with Crippen LogP contribution in [-0.4, -0.2) is 31.9 Å². The standard InChI is InChI=1S/C16H12BrN5O5/c17-11-7-19-21(8-11)9-13-2-4-15(27-13)16(24)20-18-6-10-5-12(22(25)26)1-3-14(10)23/h1-8,23H,9H2,(H,20,24)/b18-6+. The summed E-state index contributed by atoms with van der Waals surface area (Å²) < 4.78 is 7.89. The van der Waals surface area contributed by atoms with E-state index in [0.717, 1.165) is 22.8 Å². The molecule has 0 saturated carbocycles. The van der Waals surface area contributed by atoms with Gasteiger partial charge in [-0.2, -0.15) is 10.2 Å². The molecule has 0 unspecified atom stereocenters. The number of nitrogens with zero attached hydrogens (tertiary/aromatic N) is 4. The van der Waals surface area contributed by atoms with Crippen LogP contribution in [0.1, 0.15) is 21.9 Å². The van der Waals surface area contributed by atoms with Gasteiger partial charge >= 0.3 is 5.91 Å². The molecule has 2 aromatic heterocycles. The number of carbonyl (C=O) groups is 1. The Morgan fingerprint density at radius 3 is 2.96 bits per heavy atom. The second-order valence-corrected chi connectivity index (χ2v) is 6.24. The molecule has 138 valence electrons. The molecule has 0 aliphatic heterocycles. The molecular formula is C16H12BrN5O5. The Balaban J connectivity index is 1.63. The molecule has 0 aliphatic rings. The molecule has 0 aliphatic carbocycles. The summed E-state index contributed by atoms with van der Waals surface area (Å²) in [6, 6.07) is 6.60. The van der Waals surface area contributed by atoms with Crippen LogP contribution in [0.3, 0.4) is 0 Å². The average molecular weight is 434 g/mol. The van der Waals surface area contributed by atoms with E-state index in [1.165, 1.54) is 12.1 Å². The van der Waals surface area contributed by atoms with Crippen molar-refractivity contribution in [3.05, 3.63) is 74.4 Å². The van der Waals surface area contributed by atoms with E-state index in [0.29, 0.717) is 12.3 Å². The summed E-state index contributed by atoms with van der Waals surface area (Å²) in [4.78, 5) is 22.2. The van der Waals surface area contributed by atoms with Crippen LogP contribution in [0.5, 0.6) is 5.75 Å². The number of hydrazone groups is 1. The number of amides is 1. The molecule has 10 nitrogen and oxygen atoms in total. The highest BCUT2D eigenvalue weighted by Crippen LogP contribution is 2.21. The number of nitro groups is 1. The zero-order chi connectivity index (χ0) is 19.4. The maximum absolute atomic E-state index is 12.0. The highest BCUT2D eigenvalue weighted by atomic mass is 79.9. The van der Waals surface area contributed by atoms with E-state index in [1.54, 1.807) is 23.1 Å². The number of nitrogens with one attached hydrogen (secondary N) is 1. The van der Waals surface area contributed by atoms with Crippen molar-refractivity contribution in [1.29, 1.82) is 0 Å². The fourth-order valence-corrected chi connectivity index (χ4v) is 2.47. The molecule has 2 heterocycles. The smallest absolute Gasteiger partial charge is 0.307 e. The molecule has 0 fully saturated rings. The predicted octanol–water partition coefficient (Wildman–Crippen LogP) is 2.66. The Morgan fingerprint density at radius 2 is 2.26 bits per heavy atom. The van der Waals surface area contributed by atoms with Crippen molar-refractivity contribution >= 4 is 33.7 Å². The second kappa shape index (κ2) is 7.83. The Kier molecular flexibility index (Phi) is 5.31. The molecule has 3 aromatic rings. The van der Waals surface area contributed by atoms with E-state index < -0.39 is 10.8 Å². The van der Waals surface area contributed by atoms with Crippen LogP contribution in [0.2, 0.25) is 0 Å². The number of phenols is 1. The Hall–Kier alpha value is -3.47. The van der Waals surface area contributed by atoms with Crippen molar-refractivity contribution in [2.75, 3.05) is 0 Å². The Labute approximate surface area is 160 Å². The lowest BCUT2D eigenvalue weighted by atomic mass is 10.2. The monoisotopic (exact) mass is 433 g/mol. The first-order valence-corrected chi connectivity index (χ1v) is 8.29. The van der Waals surface area contributed by atoms with E-state index in [-0.39, 0.29) is 22.8 Å². The molecule has 1 amide bonds. The third-order valence-electron chi connectivity index (χ3n) is 3.40. The van der Waals surface area contributed by atoms with Gasteiger partial charge in [-0.3, -0.25) is 19.6 Å². The van der Waals surface area contributed by atoms with Gasteiger partial charge in [0, 0.05) is 23.9 Å². The molecule has 1 aromatic carbocycles. The maximum atomic E-state index is 12.0. The highest BCUT2D eigenvalue weighted by molar-refractivity contribution is 9.10. The number of phenolic OH excluding ortho intramolecular Hbond substituents is 1. The summed E-state index contributed by atoms with van der Waals surface area (Å²) in [6.07, 6.45) is 4.50. The molecule has 2 N–H and O–H groups in total. The van der Waals surface area contributed by atoms with Crippen molar-refractivity contribution in [2.45, 2.75) is 6.54 Å². The number of aromatic nitrogens is 2. The highest BCUT2D eigenvalue weighted by Gasteiger charge is 2.12. The molecule has 0 saturated heterocycles. The van der Waals surface area contributed by atoms with Gasteiger partial charge < -0.3 is 9.52 Å². The van der Waals surface area contributed by atoms with E-state index in [2.05, 4.69) is 31.6 Å². The lowest BCUT2D eigenvalue weighted by Gasteiger charge is -2.00. The first-order chi connectivity index (χ1) is 12.9. The summed E-state index contributed by atoms with van der Waals surface area (Å²) in [5, 5.41) is 28.2. The minimum absolute atomic E-state index is 0.0386. The third-order valence-corrected chi connectivity index (χ3v) is 3.81. The number of carbonyl (C=O) groups excluding carboxylic acids is 1. The number of non-ortho nitro benzene ring substituents is 1. The Bertz CT molecular complexity index is 1030. The SMILES string of the molecule is O=C(N/N=C/c1cc([N+](=O)[O-])ccc1O)c1ccc(Cn2cc(Br)cn2)o1. The first kappa shape index (κ1) is 18.3. The van der Waals surface area contributed by atoms with E-state index in [4.69, 9.17) is 4.42 Å². The van der Waals surface area contributed by atoms with Crippen LogP contribution in [0.15, 0.2) is 56.7 Å². The normalized spacial score (nSPS) is 11.0. The number of furan rings is 1. The van der Waals surface area contributed by atoms with Crippen molar-refractivity contribution in [1.82, 2.24) is 15.2 Å². The van der Waals surface area contributed by atoms with Gasteiger partial charge in [0.2, 0.25) is 0 Å².